The maximum Gasteiger partial charge on any atom is 0.131 e. The van der Waals surface area contributed by atoms with E-state index in [1.807, 2.05) is 26.5 Å². The van der Waals surface area contributed by atoms with E-state index in [0.717, 1.165) is 22.8 Å². The minimum atomic E-state index is 0.568. The Labute approximate surface area is 93.9 Å². The van der Waals surface area contributed by atoms with Crippen LogP contribution in [0.3, 0.4) is 0 Å². The standard InChI is InChI=1S/C11H15N5/c1-7-9(5-15(2)14-7)10-11(12)16(6-13-10)8-3-4-8/h5-6,8H,3-4,12H2,1-2H3. The zero-order valence-electron chi connectivity index (χ0n) is 9.51. The first-order valence-electron chi connectivity index (χ1n) is 5.49. The predicted molar refractivity (Wildman–Crippen MR) is 61.8 cm³/mol. The molecule has 0 unspecified atom stereocenters. The Morgan fingerprint density at radius 3 is 2.75 bits per heavy atom. The fraction of sp³-hybridized carbons (Fsp3) is 0.455. The van der Waals surface area contributed by atoms with E-state index in [9.17, 15) is 0 Å². The average molecular weight is 217 g/mol. The number of anilines is 1. The highest BCUT2D eigenvalue weighted by molar-refractivity contribution is 5.71. The molecule has 1 aliphatic carbocycles. The highest BCUT2D eigenvalue weighted by Crippen LogP contribution is 2.39. The first kappa shape index (κ1) is 9.45. The molecule has 0 amide bonds. The van der Waals surface area contributed by atoms with Crippen LogP contribution in [0.15, 0.2) is 12.5 Å². The van der Waals surface area contributed by atoms with Crippen molar-refractivity contribution in [3.63, 3.8) is 0 Å². The van der Waals surface area contributed by atoms with Crippen LogP contribution in [-0.4, -0.2) is 19.3 Å². The van der Waals surface area contributed by atoms with E-state index >= 15 is 0 Å². The van der Waals surface area contributed by atoms with Crippen molar-refractivity contribution in [3.05, 3.63) is 18.2 Å². The SMILES string of the molecule is Cc1nn(C)cc1-c1ncn(C2CC2)c1N. The second-order valence-electron chi connectivity index (χ2n) is 4.42. The van der Waals surface area contributed by atoms with Gasteiger partial charge in [0, 0.05) is 24.8 Å². The molecule has 0 spiro atoms. The van der Waals surface area contributed by atoms with E-state index in [1.165, 1.54) is 12.8 Å². The molecule has 2 heterocycles. The fourth-order valence-corrected chi connectivity index (χ4v) is 2.05. The molecule has 3 rings (SSSR count). The van der Waals surface area contributed by atoms with Gasteiger partial charge in [0.05, 0.1) is 12.0 Å². The minimum absolute atomic E-state index is 0.568. The Morgan fingerprint density at radius 1 is 1.44 bits per heavy atom. The summed E-state index contributed by atoms with van der Waals surface area (Å²) < 4.78 is 3.86. The lowest BCUT2D eigenvalue weighted by atomic mass is 10.2. The lowest BCUT2D eigenvalue weighted by molar-refractivity contribution is 0.751. The van der Waals surface area contributed by atoms with Gasteiger partial charge in [0.2, 0.25) is 0 Å². The molecule has 0 atom stereocenters. The summed E-state index contributed by atoms with van der Waals surface area (Å²) in [5, 5.41) is 4.31. The van der Waals surface area contributed by atoms with Gasteiger partial charge in [-0.2, -0.15) is 5.10 Å². The van der Waals surface area contributed by atoms with Crippen LogP contribution in [0.25, 0.3) is 11.3 Å². The normalized spacial score (nSPS) is 15.6. The summed E-state index contributed by atoms with van der Waals surface area (Å²) >= 11 is 0. The Kier molecular flexibility index (Phi) is 1.83. The third kappa shape index (κ3) is 1.31. The monoisotopic (exact) mass is 217 g/mol. The lowest BCUT2D eigenvalue weighted by Crippen LogP contribution is -1.99. The summed E-state index contributed by atoms with van der Waals surface area (Å²) in [4.78, 5) is 4.41. The van der Waals surface area contributed by atoms with E-state index < -0.39 is 0 Å². The van der Waals surface area contributed by atoms with Gasteiger partial charge in [-0.05, 0) is 19.8 Å². The molecule has 5 nitrogen and oxygen atoms in total. The summed E-state index contributed by atoms with van der Waals surface area (Å²) in [5.74, 6) is 0.763. The average Bonchev–Trinajstić information content (AvgIpc) is 2.92. The smallest absolute Gasteiger partial charge is 0.131 e. The molecule has 5 heteroatoms. The zero-order chi connectivity index (χ0) is 11.3. The number of imidazole rings is 1. The maximum absolute atomic E-state index is 6.12. The largest absolute Gasteiger partial charge is 0.383 e. The lowest BCUT2D eigenvalue weighted by Gasteiger charge is -2.02. The highest BCUT2D eigenvalue weighted by Gasteiger charge is 2.27. The van der Waals surface area contributed by atoms with Gasteiger partial charge < -0.3 is 10.3 Å². The molecule has 0 aliphatic heterocycles. The van der Waals surface area contributed by atoms with Gasteiger partial charge in [-0.15, -0.1) is 0 Å². The zero-order valence-corrected chi connectivity index (χ0v) is 9.51. The molecular formula is C11H15N5. The Bertz CT molecular complexity index is 533. The summed E-state index contributed by atoms with van der Waals surface area (Å²) in [6.07, 6.45) is 6.23. The number of aromatic nitrogens is 4. The fourth-order valence-electron chi connectivity index (χ4n) is 2.05. The molecule has 0 saturated heterocycles. The van der Waals surface area contributed by atoms with Crippen LogP contribution >= 0.6 is 0 Å². The maximum atomic E-state index is 6.12. The molecule has 84 valence electrons. The molecule has 1 fully saturated rings. The quantitative estimate of drug-likeness (QED) is 0.829. The molecule has 2 N–H and O–H groups in total. The summed E-state index contributed by atoms with van der Waals surface area (Å²) in [5.41, 5.74) is 8.97. The third-order valence-electron chi connectivity index (χ3n) is 3.04. The summed E-state index contributed by atoms with van der Waals surface area (Å²) in [6.45, 7) is 1.98. The van der Waals surface area contributed by atoms with Crippen LogP contribution in [0, 0.1) is 6.92 Å². The van der Waals surface area contributed by atoms with E-state index in [0.29, 0.717) is 6.04 Å². The van der Waals surface area contributed by atoms with Crippen LogP contribution in [0.2, 0.25) is 0 Å². The van der Waals surface area contributed by atoms with Crippen molar-refractivity contribution in [1.82, 2.24) is 19.3 Å². The van der Waals surface area contributed by atoms with Gasteiger partial charge in [-0.1, -0.05) is 0 Å². The molecular weight excluding hydrogens is 202 g/mol. The van der Waals surface area contributed by atoms with Crippen LogP contribution < -0.4 is 5.73 Å². The van der Waals surface area contributed by atoms with Crippen LogP contribution in [0.4, 0.5) is 5.82 Å². The number of nitrogens with zero attached hydrogens (tertiary/aromatic N) is 4. The molecule has 0 aromatic carbocycles. The van der Waals surface area contributed by atoms with Crippen molar-refractivity contribution >= 4 is 5.82 Å². The molecule has 0 radical (unpaired) electrons. The van der Waals surface area contributed by atoms with Crippen molar-refractivity contribution in [3.8, 4) is 11.3 Å². The van der Waals surface area contributed by atoms with Gasteiger partial charge >= 0.3 is 0 Å². The topological polar surface area (TPSA) is 61.7 Å². The number of nitrogens with two attached hydrogens (primary N) is 1. The molecule has 1 saturated carbocycles. The van der Waals surface area contributed by atoms with Crippen molar-refractivity contribution in [1.29, 1.82) is 0 Å². The number of nitrogen functional groups attached to an aromatic ring is 1. The second kappa shape index (κ2) is 3.10. The number of aryl methyl sites for hydroxylation is 2. The molecule has 2 aromatic heterocycles. The van der Waals surface area contributed by atoms with Crippen LogP contribution in [0.1, 0.15) is 24.6 Å². The predicted octanol–water partition coefficient (Wildman–Crippen LogP) is 1.51. The van der Waals surface area contributed by atoms with Crippen LogP contribution in [-0.2, 0) is 7.05 Å². The van der Waals surface area contributed by atoms with Crippen molar-refractivity contribution in [2.75, 3.05) is 5.73 Å². The molecule has 0 bridgehead atoms. The van der Waals surface area contributed by atoms with Crippen LogP contribution in [0.5, 0.6) is 0 Å². The first-order valence-corrected chi connectivity index (χ1v) is 5.49. The van der Waals surface area contributed by atoms with Crippen molar-refractivity contribution in [2.24, 2.45) is 7.05 Å². The summed E-state index contributed by atoms with van der Waals surface area (Å²) in [6, 6.07) is 0.568. The molecule has 1 aliphatic rings. The second-order valence-corrected chi connectivity index (χ2v) is 4.42. The van der Waals surface area contributed by atoms with E-state index in [-0.39, 0.29) is 0 Å². The molecule has 16 heavy (non-hydrogen) atoms. The first-order chi connectivity index (χ1) is 7.66. The van der Waals surface area contributed by atoms with E-state index in [4.69, 9.17) is 5.73 Å². The van der Waals surface area contributed by atoms with Crippen molar-refractivity contribution in [2.45, 2.75) is 25.8 Å². The van der Waals surface area contributed by atoms with Gasteiger partial charge in [0.25, 0.3) is 0 Å². The number of hydrogen-bond acceptors (Lipinski definition) is 3. The van der Waals surface area contributed by atoms with Gasteiger partial charge in [-0.25, -0.2) is 4.98 Å². The summed E-state index contributed by atoms with van der Waals surface area (Å²) in [7, 11) is 1.91. The van der Waals surface area contributed by atoms with Gasteiger partial charge in [0.15, 0.2) is 0 Å². The Hall–Kier alpha value is -1.78. The molecule has 2 aromatic rings. The number of rotatable bonds is 2. The van der Waals surface area contributed by atoms with E-state index in [2.05, 4.69) is 14.6 Å². The Morgan fingerprint density at radius 2 is 2.19 bits per heavy atom. The Balaban J connectivity index is 2.09. The third-order valence-corrected chi connectivity index (χ3v) is 3.04. The minimum Gasteiger partial charge on any atom is -0.383 e. The van der Waals surface area contributed by atoms with Crippen molar-refractivity contribution < 1.29 is 0 Å². The van der Waals surface area contributed by atoms with Gasteiger partial charge in [0.1, 0.15) is 11.5 Å². The number of hydrogen-bond donors (Lipinski definition) is 1. The van der Waals surface area contributed by atoms with Gasteiger partial charge in [-0.3, -0.25) is 4.68 Å². The highest BCUT2D eigenvalue weighted by atomic mass is 15.3. The van der Waals surface area contributed by atoms with E-state index in [1.54, 1.807) is 4.68 Å².